The third-order valence-corrected chi connectivity index (χ3v) is 2.64. The lowest BCUT2D eigenvalue weighted by molar-refractivity contribution is -0.297. The molecule has 0 heterocycles. The van der Waals surface area contributed by atoms with Gasteiger partial charge in [-0.15, -0.1) is 0 Å². The Morgan fingerprint density at radius 3 is 2.19 bits per heavy atom. The van der Waals surface area contributed by atoms with Crippen LogP contribution in [0.5, 0.6) is 0 Å². The molecule has 0 saturated carbocycles. The Labute approximate surface area is 117 Å². The Morgan fingerprint density at radius 1 is 1.10 bits per heavy atom. The van der Waals surface area contributed by atoms with Crippen molar-refractivity contribution in [3.05, 3.63) is 35.4 Å². The Balaban J connectivity index is 2.66. The third kappa shape index (κ3) is 4.96. The molecule has 0 aromatic heterocycles. The number of halogens is 5. The molecular formula is C13H13F5O3. The third-order valence-electron chi connectivity index (χ3n) is 2.64. The van der Waals surface area contributed by atoms with Crippen LogP contribution in [0.25, 0.3) is 0 Å². The Hall–Kier alpha value is -1.70. The lowest BCUT2D eigenvalue weighted by Gasteiger charge is -2.19. The maximum Gasteiger partial charge on any atom is 0.455 e. The van der Waals surface area contributed by atoms with Crippen LogP contribution in [-0.2, 0) is 27.3 Å². The molecule has 8 heteroatoms. The van der Waals surface area contributed by atoms with Crippen LogP contribution in [0, 0.1) is 0 Å². The first kappa shape index (κ1) is 17.4. The standard InChI is InChI=1S/C13H13F5O3/c1-20-11(19)6-9-4-2-3-5-10(9)7-21-8-12(14,15)13(16,17)18/h2-5H,6-8H2,1H3. The van der Waals surface area contributed by atoms with Gasteiger partial charge in [0, 0.05) is 0 Å². The second-order valence-corrected chi connectivity index (χ2v) is 4.22. The van der Waals surface area contributed by atoms with Gasteiger partial charge in [0.2, 0.25) is 0 Å². The molecule has 3 nitrogen and oxygen atoms in total. The molecule has 0 aliphatic carbocycles. The van der Waals surface area contributed by atoms with Crippen molar-refractivity contribution in [1.29, 1.82) is 0 Å². The van der Waals surface area contributed by atoms with Gasteiger partial charge in [-0.05, 0) is 11.1 Å². The van der Waals surface area contributed by atoms with Crippen molar-refractivity contribution in [2.24, 2.45) is 0 Å². The molecule has 0 bridgehead atoms. The zero-order valence-corrected chi connectivity index (χ0v) is 11.0. The molecule has 0 radical (unpaired) electrons. The van der Waals surface area contributed by atoms with Crippen molar-refractivity contribution in [2.75, 3.05) is 13.7 Å². The second-order valence-electron chi connectivity index (χ2n) is 4.22. The van der Waals surface area contributed by atoms with E-state index in [1.54, 1.807) is 12.1 Å². The molecule has 0 unspecified atom stereocenters. The molecule has 0 aliphatic heterocycles. The zero-order chi connectivity index (χ0) is 16.1. The highest BCUT2D eigenvalue weighted by atomic mass is 19.4. The normalized spacial score (nSPS) is 12.3. The zero-order valence-electron chi connectivity index (χ0n) is 11.0. The van der Waals surface area contributed by atoms with Gasteiger partial charge in [0.1, 0.15) is 6.61 Å². The SMILES string of the molecule is COC(=O)Cc1ccccc1COCC(F)(F)C(F)(F)F. The van der Waals surface area contributed by atoms with Crippen molar-refractivity contribution in [3.63, 3.8) is 0 Å². The molecule has 0 amide bonds. The van der Waals surface area contributed by atoms with E-state index in [1.807, 2.05) is 0 Å². The number of alkyl halides is 5. The number of methoxy groups -OCH3 is 1. The largest absolute Gasteiger partial charge is 0.469 e. The van der Waals surface area contributed by atoms with E-state index in [0.29, 0.717) is 11.1 Å². The molecule has 0 fully saturated rings. The fraction of sp³-hybridized carbons (Fsp3) is 0.462. The summed E-state index contributed by atoms with van der Waals surface area (Å²) in [5, 5.41) is 0. The van der Waals surface area contributed by atoms with Crippen molar-refractivity contribution in [2.45, 2.75) is 25.1 Å². The van der Waals surface area contributed by atoms with Crippen molar-refractivity contribution in [3.8, 4) is 0 Å². The van der Waals surface area contributed by atoms with E-state index in [2.05, 4.69) is 9.47 Å². The van der Waals surface area contributed by atoms with Crippen LogP contribution >= 0.6 is 0 Å². The summed E-state index contributed by atoms with van der Waals surface area (Å²) in [5.74, 6) is -5.47. The molecule has 118 valence electrons. The summed E-state index contributed by atoms with van der Waals surface area (Å²) < 4.78 is 70.2. The highest BCUT2D eigenvalue weighted by Gasteiger charge is 2.57. The van der Waals surface area contributed by atoms with Crippen LogP contribution in [-0.4, -0.2) is 31.8 Å². The number of esters is 1. The van der Waals surface area contributed by atoms with E-state index < -0.39 is 31.3 Å². The van der Waals surface area contributed by atoms with E-state index in [-0.39, 0.29) is 6.42 Å². The fourth-order valence-corrected chi connectivity index (χ4v) is 1.47. The van der Waals surface area contributed by atoms with Crippen LogP contribution in [0.4, 0.5) is 22.0 Å². The summed E-state index contributed by atoms with van der Waals surface area (Å²) >= 11 is 0. The lowest BCUT2D eigenvalue weighted by atomic mass is 10.1. The van der Waals surface area contributed by atoms with E-state index in [4.69, 9.17) is 0 Å². The first-order valence-corrected chi connectivity index (χ1v) is 5.83. The van der Waals surface area contributed by atoms with E-state index in [9.17, 15) is 26.7 Å². The van der Waals surface area contributed by atoms with Gasteiger partial charge >= 0.3 is 18.1 Å². The Bertz CT molecular complexity index is 485. The summed E-state index contributed by atoms with van der Waals surface area (Å²) in [6.45, 7) is -2.23. The lowest BCUT2D eigenvalue weighted by Crippen LogP contribution is -2.40. The number of carbonyl (C=O) groups excluding carboxylic acids is 1. The van der Waals surface area contributed by atoms with Crippen LogP contribution in [0.2, 0.25) is 0 Å². The number of rotatable bonds is 6. The average molecular weight is 312 g/mol. The van der Waals surface area contributed by atoms with Crippen LogP contribution < -0.4 is 0 Å². The molecule has 0 N–H and O–H groups in total. The molecule has 1 aromatic rings. The molecule has 0 spiro atoms. The quantitative estimate of drug-likeness (QED) is 0.598. The van der Waals surface area contributed by atoms with Crippen molar-refractivity contribution < 1.29 is 36.2 Å². The number of hydrogen-bond donors (Lipinski definition) is 0. The predicted molar refractivity (Wildman–Crippen MR) is 62.8 cm³/mol. The highest BCUT2D eigenvalue weighted by Crippen LogP contribution is 2.35. The molecule has 0 saturated heterocycles. The van der Waals surface area contributed by atoms with Crippen LogP contribution in [0.1, 0.15) is 11.1 Å². The first-order chi connectivity index (χ1) is 9.67. The number of ether oxygens (including phenoxy) is 2. The minimum absolute atomic E-state index is 0.119. The Kier molecular flexibility index (Phi) is 5.65. The van der Waals surface area contributed by atoms with Gasteiger partial charge in [-0.2, -0.15) is 22.0 Å². The number of carbonyl (C=O) groups is 1. The molecular weight excluding hydrogens is 299 g/mol. The summed E-state index contributed by atoms with van der Waals surface area (Å²) in [5.41, 5.74) is 0.792. The van der Waals surface area contributed by atoms with Gasteiger partial charge in [-0.25, -0.2) is 0 Å². The van der Waals surface area contributed by atoms with Crippen molar-refractivity contribution >= 4 is 5.97 Å². The second kappa shape index (κ2) is 6.84. The van der Waals surface area contributed by atoms with Gasteiger partial charge in [0.05, 0.1) is 20.1 Å². The summed E-state index contributed by atoms with van der Waals surface area (Å²) in [6.07, 6.45) is -5.77. The monoisotopic (exact) mass is 312 g/mol. The van der Waals surface area contributed by atoms with Crippen molar-refractivity contribution in [1.82, 2.24) is 0 Å². The first-order valence-electron chi connectivity index (χ1n) is 5.83. The molecule has 1 rings (SSSR count). The van der Waals surface area contributed by atoms with Gasteiger partial charge in [0.15, 0.2) is 0 Å². The topological polar surface area (TPSA) is 35.5 Å². The molecule has 21 heavy (non-hydrogen) atoms. The Morgan fingerprint density at radius 2 is 1.67 bits per heavy atom. The van der Waals surface area contributed by atoms with Gasteiger partial charge in [0.25, 0.3) is 0 Å². The summed E-state index contributed by atoms with van der Waals surface area (Å²) in [7, 11) is 1.19. The average Bonchev–Trinajstić information content (AvgIpc) is 2.39. The fourth-order valence-electron chi connectivity index (χ4n) is 1.47. The van der Waals surface area contributed by atoms with Crippen LogP contribution in [0.3, 0.4) is 0 Å². The van der Waals surface area contributed by atoms with E-state index in [0.717, 1.165) is 0 Å². The van der Waals surface area contributed by atoms with Gasteiger partial charge in [-0.3, -0.25) is 4.79 Å². The van der Waals surface area contributed by atoms with Crippen LogP contribution in [0.15, 0.2) is 24.3 Å². The smallest absolute Gasteiger partial charge is 0.455 e. The summed E-state index contributed by atoms with van der Waals surface area (Å²) in [6, 6.07) is 6.18. The highest BCUT2D eigenvalue weighted by molar-refractivity contribution is 5.72. The molecule has 1 aromatic carbocycles. The minimum Gasteiger partial charge on any atom is -0.469 e. The van der Waals surface area contributed by atoms with Gasteiger partial charge < -0.3 is 9.47 Å². The van der Waals surface area contributed by atoms with E-state index in [1.165, 1.54) is 19.2 Å². The van der Waals surface area contributed by atoms with E-state index >= 15 is 0 Å². The number of hydrogen-bond acceptors (Lipinski definition) is 3. The predicted octanol–water partition coefficient (Wildman–Crippen LogP) is 3.12. The summed E-state index contributed by atoms with van der Waals surface area (Å²) in [4.78, 5) is 11.2. The van der Waals surface area contributed by atoms with Gasteiger partial charge in [-0.1, -0.05) is 24.3 Å². The maximum absolute atomic E-state index is 12.7. The minimum atomic E-state index is -5.65. The molecule has 0 aliphatic rings. The number of benzene rings is 1. The molecule has 0 atom stereocenters. The maximum atomic E-state index is 12.7.